The van der Waals surface area contributed by atoms with E-state index < -0.39 is 0 Å². The van der Waals surface area contributed by atoms with Crippen LogP contribution < -0.4 is 10.2 Å². The van der Waals surface area contributed by atoms with E-state index in [1.807, 2.05) is 11.6 Å². The maximum atomic E-state index is 11.1. The van der Waals surface area contributed by atoms with Gasteiger partial charge >= 0.3 is 4.87 Å². The molecular formula is C9H16N2OS. The van der Waals surface area contributed by atoms with Crippen LogP contribution in [-0.2, 0) is 6.54 Å². The molecule has 3 nitrogen and oxygen atoms in total. The average molecular weight is 200 g/mol. The quantitative estimate of drug-likeness (QED) is 0.702. The largest absolute Gasteiger partial charge is 0.317 e. The Hall–Kier alpha value is -0.610. The minimum atomic E-state index is 0.149. The number of nitrogens with one attached hydrogen (secondary N) is 1. The molecule has 0 bridgehead atoms. The van der Waals surface area contributed by atoms with Crippen molar-refractivity contribution in [2.24, 2.45) is 0 Å². The van der Waals surface area contributed by atoms with Crippen molar-refractivity contribution in [3.05, 3.63) is 21.2 Å². The zero-order valence-corrected chi connectivity index (χ0v) is 8.77. The number of hydrogen-bond acceptors (Lipinski definition) is 3. The van der Waals surface area contributed by atoms with Crippen molar-refractivity contribution < 1.29 is 0 Å². The topological polar surface area (TPSA) is 34.0 Å². The second-order valence-electron chi connectivity index (χ2n) is 2.97. The Balaban J connectivity index is 2.13. The molecule has 0 spiro atoms. The van der Waals surface area contributed by atoms with Gasteiger partial charge in [0.1, 0.15) is 0 Å². The van der Waals surface area contributed by atoms with Crippen molar-refractivity contribution in [2.75, 3.05) is 13.1 Å². The summed E-state index contributed by atoms with van der Waals surface area (Å²) in [5, 5.41) is 5.14. The molecule has 1 N–H and O–H groups in total. The SMILES string of the molecule is CCCNCCCn1ccsc1=O. The first-order valence-corrected chi connectivity index (χ1v) is 5.57. The summed E-state index contributed by atoms with van der Waals surface area (Å²) in [6.07, 6.45) is 4.04. The van der Waals surface area contributed by atoms with Crippen molar-refractivity contribution in [3.8, 4) is 0 Å². The number of aromatic nitrogens is 1. The fraction of sp³-hybridized carbons (Fsp3) is 0.667. The van der Waals surface area contributed by atoms with Crippen LogP contribution in [0.25, 0.3) is 0 Å². The molecule has 1 heterocycles. The molecule has 0 amide bonds. The summed E-state index contributed by atoms with van der Waals surface area (Å²) in [5.41, 5.74) is 0. The molecule has 0 fully saturated rings. The molecule has 0 atom stereocenters. The molecule has 0 unspecified atom stereocenters. The van der Waals surface area contributed by atoms with Gasteiger partial charge in [-0.1, -0.05) is 18.3 Å². The molecule has 13 heavy (non-hydrogen) atoms. The lowest BCUT2D eigenvalue weighted by Crippen LogP contribution is -2.19. The molecule has 1 rings (SSSR count). The summed E-state index contributed by atoms with van der Waals surface area (Å²) in [6, 6.07) is 0. The highest BCUT2D eigenvalue weighted by atomic mass is 32.1. The molecule has 74 valence electrons. The molecule has 1 aromatic heterocycles. The maximum absolute atomic E-state index is 11.1. The third kappa shape index (κ3) is 3.74. The predicted octanol–water partition coefficient (Wildman–Crippen LogP) is 1.30. The van der Waals surface area contributed by atoms with Gasteiger partial charge in [0.15, 0.2) is 0 Å². The van der Waals surface area contributed by atoms with Gasteiger partial charge < -0.3 is 9.88 Å². The van der Waals surface area contributed by atoms with Gasteiger partial charge in [-0.25, -0.2) is 0 Å². The zero-order chi connectivity index (χ0) is 9.52. The smallest absolute Gasteiger partial charge is 0.307 e. The van der Waals surface area contributed by atoms with Crippen LogP contribution in [0.5, 0.6) is 0 Å². The second kappa shape index (κ2) is 5.94. The maximum Gasteiger partial charge on any atom is 0.307 e. The predicted molar refractivity (Wildman–Crippen MR) is 56.4 cm³/mol. The fourth-order valence-corrected chi connectivity index (χ4v) is 1.74. The molecule has 0 aliphatic rings. The number of nitrogens with zero attached hydrogens (tertiary/aromatic N) is 1. The lowest BCUT2D eigenvalue weighted by atomic mass is 10.4. The highest BCUT2D eigenvalue weighted by Crippen LogP contribution is 1.91. The average Bonchev–Trinajstić information content (AvgIpc) is 2.52. The van der Waals surface area contributed by atoms with Crippen molar-refractivity contribution in [2.45, 2.75) is 26.3 Å². The minimum absolute atomic E-state index is 0.149. The third-order valence-electron chi connectivity index (χ3n) is 1.82. The first-order chi connectivity index (χ1) is 6.34. The van der Waals surface area contributed by atoms with E-state index in [2.05, 4.69) is 12.2 Å². The van der Waals surface area contributed by atoms with Gasteiger partial charge in [-0.3, -0.25) is 4.79 Å². The standard InChI is InChI=1S/C9H16N2OS/c1-2-4-10-5-3-6-11-7-8-13-9(11)12/h7-8,10H,2-6H2,1H3. The molecule has 4 heteroatoms. The Morgan fingerprint density at radius 3 is 3.00 bits per heavy atom. The lowest BCUT2D eigenvalue weighted by Gasteiger charge is -2.02. The number of aryl methyl sites for hydroxylation is 1. The Bertz CT molecular complexity index is 279. The lowest BCUT2D eigenvalue weighted by molar-refractivity contribution is 0.574. The molecule has 0 aromatic carbocycles. The molecule has 0 aliphatic heterocycles. The van der Waals surface area contributed by atoms with Crippen LogP contribution in [0, 0.1) is 0 Å². The molecular weight excluding hydrogens is 184 g/mol. The summed E-state index contributed by atoms with van der Waals surface area (Å²) >= 11 is 1.26. The van der Waals surface area contributed by atoms with E-state index in [1.165, 1.54) is 17.8 Å². The van der Waals surface area contributed by atoms with Crippen molar-refractivity contribution in [1.82, 2.24) is 9.88 Å². The van der Waals surface area contributed by atoms with Crippen LogP contribution in [-0.4, -0.2) is 17.7 Å². The molecule has 0 aliphatic carbocycles. The van der Waals surface area contributed by atoms with E-state index in [0.717, 1.165) is 26.1 Å². The zero-order valence-electron chi connectivity index (χ0n) is 7.95. The Morgan fingerprint density at radius 1 is 1.54 bits per heavy atom. The monoisotopic (exact) mass is 200 g/mol. The number of rotatable bonds is 6. The first-order valence-electron chi connectivity index (χ1n) is 4.69. The molecule has 1 aromatic rings. The van der Waals surface area contributed by atoms with Crippen LogP contribution in [0.4, 0.5) is 0 Å². The van der Waals surface area contributed by atoms with Crippen LogP contribution in [0.3, 0.4) is 0 Å². The molecule has 0 radical (unpaired) electrons. The van der Waals surface area contributed by atoms with Gasteiger partial charge in [0.2, 0.25) is 0 Å². The second-order valence-corrected chi connectivity index (χ2v) is 3.82. The van der Waals surface area contributed by atoms with Crippen molar-refractivity contribution >= 4 is 11.3 Å². The van der Waals surface area contributed by atoms with Crippen LogP contribution in [0.2, 0.25) is 0 Å². The van der Waals surface area contributed by atoms with Crippen LogP contribution in [0.1, 0.15) is 19.8 Å². The van der Waals surface area contributed by atoms with E-state index in [4.69, 9.17) is 0 Å². The first kappa shape index (κ1) is 10.5. The van der Waals surface area contributed by atoms with Gasteiger partial charge in [0.25, 0.3) is 0 Å². The van der Waals surface area contributed by atoms with E-state index in [1.54, 1.807) is 4.57 Å². The molecule has 0 saturated heterocycles. The Morgan fingerprint density at radius 2 is 2.38 bits per heavy atom. The summed E-state index contributed by atoms with van der Waals surface area (Å²) in [5.74, 6) is 0. The highest BCUT2D eigenvalue weighted by molar-refractivity contribution is 7.07. The summed E-state index contributed by atoms with van der Waals surface area (Å²) in [4.78, 5) is 11.2. The molecule has 0 saturated carbocycles. The Labute approximate surface area is 82.4 Å². The third-order valence-corrected chi connectivity index (χ3v) is 2.52. The number of hydrogen-bond donors (Lipinski definition) is 1. The summed E-state index contributed by atoms with van der Waals surface area (Å²) in [6.45, 7) is 5.05. The van der Waals surface area contributed by atoms with Gasteiger partial charge in [-0.2, -0.15) is 0 Å². The summed E-state index contributed by atoms with van der Waals surface area (Å²) in [7, 11) is 0. The van der Waals surface area contributed by atoms with Gasteiger partial charge in [-0.15, -0.1) is 0 Å². The van der Waals surface area contributed by atoms with Gasteiger partial charge in [0, 0.05) is 18.1 Å². The van der Waals surface area contributed by atoms with E-state index in [0.29, 0.717) is 0 Å². The normalized spacial score (nSPS) is 10.5. The van der Waals surface area contributed by atoms with Crippen LogP contribution in [0.15, 0.2) is 16.4 Å². The van der Waals surface area contributed by atoms with E-state index in [-0.39, 0.29) is 4.87 Å². The van der Waals surface area contributed by atoms with Gasteiger partial charge in [0.05, 0.1) is 0 Å². The van der Waals surface area contributed by atoms with Crippen LogP contribution >= 0.6 is 11.3 Å². The van der Waals surface area contributed by atoms with Crippen molar-refractivity contribution in [3.63, 3.8) is 0 Å². The summed E-state index contributed by atoms with van der Waals surface area (Å²) < 4.78 is 1.76. The highest BCUT2D eigenvalue weighted by Gasteiger charge is 1.94. The van der Waals surface area contributed by atoms with E-state index in [9.17, 15) is 4.79 Å². The minimum Gasteiger partial charge on any atom is -0.317 e. The van der Waals surface area contributed by atoms with E-state index >= 15 is 0 Å². The fourth-order valence-electron chi connectivity index (χ4n) is 1.13. The van der Waals surface area contributed by atoms with Crippen molar-refractivity contribution in [1.29, 1.82) is 0 Å². The van der Waals surface area contributed by atoms with Gasteiger partial charge in [-0.05, 0) is 25.9 Å². The number of thiazole rings is 1. The Kier molecular flexibility index (Phi) is 4.78.